The van der Waals surface area contributed by atoms with Gasteiger partial charge in [-0.15, -0.1) is 11.3 Å². The Morgan fingerprint density at radius 1 is 1.29 bits per heavy atom. The summed E-state index contributed by atoms with van der Waals surface area (Å²) in [6.07, 6.45) is 5.82. The standard InChI is InChI=1S/C16H15N3OS/c1-12-11-21-16(18-12)9-15(20)14-3-2-8-19(14)10-13-4-6-17-7-5-13/h2-8,11H,9-10H2,1H3. The largest absolute Gasteiger partial charge is 0.341 e. The third-order valence-corrected chi connectivity index (χ3v) is 4.16. The zero-order valence-electron chi connectivity index (χ0n) is 11.7. The van der Waals surface area contributed by atoms with Crippen LogP contribution in [0.5, 0.6) is 0 Å². The summed E-state index contributed by atoms with van der Waals surface area (Å²) in [5, 5.41) is 2.84. The number of ketones is 1. The number of rotatable bonds is 5. The molecule has 0 amide bonds. The third kappa shape index (κ3) is 3.25. The highest BCUT2D eigenvalue weighted by Gasteiger charge is 2.13. The third-order valence-electron chi connectivity index (χ3n) is 3.20. The lowest BCUT2D eigenvalue weighted by Gasteiger charge is -2.08. The average molecular weight is 297 g/mol. The van der Waals surface area contributed by atoms with Crippen LogP contribution in [0.4, 0.5) is 0 Å². The summed E-state index contributed by atoms with van der Waals surface area (Å²) in [6, 6.07) is 7.68. The molecule has 0 saturated carbocycles. The second kappa shape index (κ2) is 6.01. The Balaban J connectivity index is 1.77. The van der Waals surface area contributed by atoms with Gasteiger partial charge in [0.05, 0.1) is 12.1 Å². The summed E-state index contributed by atoms with van der Waals surface area (Å²) in [7, 11) is 0. The highest BCUT2D eigenvalue weighted by atomic mass is 32.1. The molecule has 5 heteroatoms. The minimum Gasteiger partial charge on any atom is -0.341 e. The first-order valence-corrected chi connectivity index (χ1v) is 7.58. The van der Waals surface area contributed by atoms with Gasteiger partial charge in [0.15, 0.2) is 5.78 Å². The Bertz CT molecular complexity index is 746. The van der Waals surface area contributed by atoms with Crippen molar-refractivity contribution in [2.24, 2.45) is 0 Å². The first-order chi connectivity index (χ1) is 10.2. The Hall–Kier alpha value is -2.27. The fourth-order valence-electron chi connectivity index (χ4n) is 2.20. The Morgan fingerprint density at radius 3 is 2.81 bits per heavy atom. The maximum atomic E-state index is 12.4. The second-order valence-electron chi connectivity index (χ2n) is 4.86. The lowest BCUT2D eigenvalue weighted by atomic mass is 10.2. The molecule has 0 N–H and O–H groups in total. The zero-order chi connectivity index (χ0) is 14.7. The van der Waals surface area contributed by atoms with Crippen molar-refractivity contribution in [3.63, 3.8) is 0 Å². The number of aryl methyl sites for hydroxylation is 1. The van der Waals surface area contributed by atoms with Gasteiger partial charge in [-0.05, 0) is 36.8 Å². The van der Waals surface area contributed by atoms with E-state index in [4.69, 9.17) is 0 Å². The predicted molar refractivity (Wildman–Crippen MR) is 82.7 cm³/mol. The summed E-state index contributed by atoms with van der Waals surface area (Å²) in [6.45, 7) is 2.62. The fraction of sp³-hybridized carbons (Fsp3) is 0.188. The van der Waals surface area contributed by atoms with Gasteiger partial charge in [0.25, 0.3) is 0 Å². The molecule has 4 nitrogen and oxygen atoms in total. The van der Waals surface area contributed by atoms with E-state index in [-0.39, 0.29) is 5.78 Å². The molecule has 0 aromatic carbocycles. The van der Waals surface area contributed by atoms with Crippen molar-refractivity contribution >= 4 is 17.1 Å². The Kier molecular flexibility index (Phi) is 3.92. The van der Waals surface area contributed by atoms with Crippen molar-refractivity contribution in [3.05, 3.63) is 70.2 Å². The lowest BCUT2D eigenvalue weighted by molar-refractivity contribution is 0.0984. The van der Waals surface area contributed by atoms with E-state index in [1.807, 2.05) is 47.3 Å². The van der Waals surface area contributed by atoms with Gasteiger partial charge in [0.1, 0.15) is 5.01 Å². The van der Waals surface area contributed by atoms with Crippen LogP contribution in [0.15, 0.2) is 48.2 Å². The number of Topliss-reactive ketones (excluding diaryl/α,β-unsaturated/α-hetero) is 1. The molecule has 3 aromatic heterocycles. The number of hydrogen-bond donors (Lipinski definition) is 0. The van der Waals surface area contributed by atoms with Gasteiger partial charge >= 0.3 is 0 Å². The second-order valence-corrected chi connectivity index (χ2v) is 5.80. The van der Waals surface area contributed by atoms with Crippen LogP contribution in [-0.4, -0.2) is 20.3 Å². The Labute approximate surface area is 127 Å². The summed E-state index contributed by atoms with van der Waals surface area (Å²) in [5.74, 6) is 0.100. The molecule has 3 rings (SSSR count). The molecule has 0 saturated heterocycles. The van der Waals surface area contributed by atoms with E-state index in [0.29, 0.717) is 13.0 Å². The first-order valence-electron chi connectivity index (χ1n) is 6.70. The molecule has 0 radical (unpaired) electrons. The predicted octanol–water partition coefficient (Wildman–Crippen LogP) is 3.12. The van der Waals surface area contributed by atoms with Crippen LogP contribution in [0, 0.1) is 6.92 Å². The van der Waals surface area contributed by atoms with Gasteiger partial charge in [-0.1, -0.05) is 0 Å². The van der Waals surface area contributed by atoms with Gasteiger partial charge in [0.2, 0.25) is 0 Å². The monoisotopic (exact) mass is 297 g/mol. The van der Waals surface area contributed by atoms with Crippen LogP contribution in [0.2, 0.25) is 0 Å². The van der Waals surface area contributed by atoms with E-state index in [1.54, 1.807) is 12.4 Å². The van der Waals surface area contributed by atoms with Gasteiger partial charge in [-0.3, -0.25) is 9.78 Å². The Morgan fingerprint density at radius 2 is 2.10 bits per heavy atom. The quantitative estimate of drug-likeness (QED) is 0.680. The lowest BCUT2D eigenvalue weighted by Crippen LogP contribution is -2.11. The topological polar surface area (TPSA) is 47.8 Å². The van der Waals surface area contributed by atoms with Crippen LogP contribution in [-0.2, 0) is 13.0 Å². The van der Waals surface area contributed by atoms with Crippen LogP contribution < -0.4 is 0 Å². The maximum absolute atomic E-state index is 12.4. The van der Waals surface area contributed by atoms with Crippen molar-refractivity contribution in [1.82, 2.24) is 14.5 Å². The highest BCUT2D eigenvalue weighted by molar-refractivity contribution is 7.09. The van der Waals surface area contributed by atoms with Crippen molar-refractivity contribution in [3.8, 4) is 0 Å². The number of carbonyl (C=O) groups is 1. The maximum Gasteiger partial charge on any atom is 0.186 e. The summed E-state index contributed by atoms with van der Waals surface area (Å²) < 4.78 is 1.97. The molecule has 0 aliphatic rings. The number of thiazole rings is 1. The molecule has 106 valence electrons. The fourth-order valence-corrected chi connectivity index (χ4v) is 2.97. The van der Waals surface area contributed by atoms with Gasteiger partial charge in [0, 0.05) is 36.2 Å². The van der Waals surface area contributed by atoms with Crippen LogP contribution in [0.3, 0.4) is 0 Å². The van der Waals surface area contributed by atoms with Crippen molar-refractivity contribution in [2.75, 3.05) is 0 Å². The molecular formula is C16H15N3OS. The minimum atomic E-state index is 0.100. The molecule has 21 heavy (non-hydrogen) atoms. The van der Waals surface area contributed by atoms with Crippen molar-refractivity contribution < 1.29 is 4.79 Å². The molecule has 3 aromatic rings. The molecule has 0 unspecified atom stereocenters. The van der Waals surface area contributed by atoms with Gasteiger partial charge in [-0.2, -0.15) is 0 Å². The van der Waals surface area contributed by atoms with E-state index in [2.05, 4.69) is 9.97 Å². The van der Waals surface area contributed by atoms with Crippen LogP contribution in [0.25, 0.3) is 0 Å². The summed E-state index contributed by atoms with van der Waals surface area (Å²) >= 11 is 1.54. The van der Waals surface area contributed by atoms with E-state index in [1.165, 1.54) is 11.3 Å². The molecule has 0 aliphatic carbocycles. The van der Waals surface area contributed by atoms with E-state index < -0.39 is 0 Å². The van der Waals surface area contributed by atoms with Gasteiger partial charge in [-0.25, -0.2) is 4.98 Å². The first kappa shape index (κ1) is 13.7. The average Bonchev–Trinajstić information content (AvgIpc) is 3.09. The molecule has 0 spiro atoms. The smallest absolute Gasteiger partial charge is 0.186 e. The summed E-state index contributed by atoms with van der Waals surface area (Å²) in [5.41, 5.74) is 2.81. The van der Waals surface area contributed by atoms with Crippen LogP contribution in [0.1, 0.15) is 26.8 Å². The molecular weight excluding hydrogens is 282 g/mol. The number of nitrogens with zero attached hydrogens (tertiary/aromatic N) is 3. The molecule has 0 fully saturated rings. The number of pyridine rings is 1. The number of aromatic nitrogens is 3. The van der Waals surface area contributed by atoms with E-state index in [9.17, 15) is 4.79 Å². The SMILES string of the molecule is Cc1csc(CC(=O)c2cccn2Cc2ccncc2)n1. The van der Waals surface area contributed by atoms with Crippen molar-refractivity contribution in [2.45, 2.75) is 19.9 Å². The summed E-state index contributed by atoms with van der Waals surface area (Å²) in [4.78, 5) is 20.8. The minimum absolute atomic E-state index is 0.100. The molecule has 0 atom stereocenters. The number of hydrogen-bond acceptors (Lipinski definition) is 4. The highest BCUT2D eigenvalue weighted by Crippen LogP contribution is 2.14. The van der Waals surface area contributed by atoms with Crippen LogP contribution >= 0.6 is 11.3 Å². The zero-order valence-corrected chi connectivity index (χ0v) is 12.5. The normalized spacial score (nSPS) is 10.7. The van der Waals surface area contributed by atoms with E-state index in [0.717, 1.165) is 22.0 Å². The van der Waals surface area contributed by atoms with E-state index >= 15 is 0 Å². The van der Waals surface area contributed by atoms with Gasteiger partial charge < -0.3 is 4.57 Å². The number of carbonyl (C=O) groups excluding carboxylic acids is 1. The molecule has 0 bridgehead atoms. The molecule has 0 aliphatic heterocycles. The molecule has 3 heterocycles. The van der Waals surface area contributed by atoms with Crippen molar-refractivity contribution in [1.29, 1.82) is 0 Å².